The molecule has 2 bridgehead atoms. The number of piperidine rings is 1. The van der Waals surface area contributed by atoms with E-state index in [0.717, 1.165) is 25.9 Å². The molecule has 0 aromatic heterocycles. The number of benzene rings is 2. The second-order valence-electron chi connectivity index (χ2n) is 9.64. The van der Waals surface area contributed by atoms with Gasteiger partial charge in [0.1, 0.15) is 0 Å². The molecule has 5 aliphatic rings. The van der Waals surface area contributed by atoms with E-state index >= 15 is 0 Å². The average Bonchev–Trinajstić information content (AvgIpc) is 3.10. The third-order valence-corrected chi connectivity index (χ3v) is 8.02. The maximum absolute atomic E-state index is 13.5. The molecule has 2 aliphatic heterocycles. The van der Waals surface area contributed by atoms with Crippen molar-refractivity contribution in [2.45, 2.75) is 43.9 Å². The summed E-state index contributed by atoms with van der Waals surface area (Å²) in [7, 11) is 0. The minimum absolute atomic E-state index is 0.0515. The number of amides is 3. The van der Waals surface area contributed by atoms with Gasteiger partial charge in [-0.1, -0.05) is 48.5 Å². The summed E-state index contributed by atoms with van der Waals surface area (Å²) in [5.74, 6) is -0.720. The van der Waals surface area contributed by atoms with E-state index in [1.54, 1.807) is 0 Å². The molecule has 2 unspecified atom stereocenters. The van der Waals surface area contributed by atoms with Gasteiger partial charge in [-0.25, -0.2) is 0 Å². The summed E-state index contributed by atoms with van der Waals surface area (Å²) in [6, 6.07) is 16.6. The Balaban J connectivity index is 1.25. The molecule has 2 saturated heterocycles. The van der Waals surface area contributed by atoms with Crippen molar-refractivity contribution in [1.29, 1.82) is 0 Å². The van der Waals surface area contributed by atoms with Crippen LogP contribution in [-0.2, 0) is 14.4 Å². The van der Waals surface area contributed by atoms with Crippen molar-refractivity contribution in [3.63, 3.8) is 0 Å². The zero-order valence-corrected chi connectivity index (χ0v) is 18.2. The van der Waals surface area contributed by atoms with Crippen LogP contribution in [0.4, 0.5) is 0 Å². The molecule has 32 heavy (non-hydrogen) atoms. The third-order valence-electron chi connectivity index (χ3n) is 8.02. The normalized spacial score (nSPS) is 27.9. The lowest BCUT2D eigenvalue weighted by Crippen LogP contribution is -2.41. The van der Waals surface area contributed by atoms with Crippen LogP contribution in [0.3, 0.4) is 0 Å². The molecule has 2 aromatic carbocycles. The Labute approximate surface area is 188 Å². The Bertz CT molecular complexity index is 988. The van der Waals surface area contributed by atoms with Crippen LogP contribution < -0.4 is 0 Å². The number of hydrogen-bond donors (Lipinski definition) is 0. The highest BCUT2D eigenvalue weighted by molar-refractivity contribution is 6.07. The van der Waals surface area contributed by atoms with Gasteiger partial charge in [-0.15, -0.1) is 0 Å². The number of nitrogens with zero attached hydrogens (tertiary/aromatic N) is 2. The van der Waals surface area contributed by atoms with Gasteiger partial charge >= 0.3 is 0 Å². The summed E-state index contributed by atoms with van der Waals surface area (Å²) < 4.78 is 0. The topological polar surface area (TPSA) is 57.7 Å². The first-order valence-corrected chi connectivity index (χ1v) is 12.0. The Morgan fingerprint density at radius 2 is 1.22 bits per heavy atom. The molecule has 2 heterocycles. The highest BCUT2D eigenvalue weighted by Crippen LogP contribution is 2.60. The zero-order chi connectivity index (χ0) is 21.8. The highest BCUT2D eigenvalue weighted by atomic mass is 16.2. The predicted molar refractivity (Wildman–Crippen MR) is 120 cm³/mol. The van der Waals surface area contributed by atoms with Crippen molar-refractivity contribution >= 4 is 17.7 Å². The molecule has 2 fully saturated rings. The van der Waals surface area contributed by atoms with Gasteiger partial charge in [0.15, 0.2) is 0 Å². The minimum Gasteiger partial charge on any atom is -0.343 e. The van der Waals surface area contributed by atoms with Gasteiger partial charge in [0.05, 0.1) is 11.8 Å². The lowest BCUT2D eigenvalue weighted by atomic mass is 9.55. The first kappa shape index (κ1) is 19.7. The van der Waals surface area contributed by atoms with Crippen LogP contribution in [0, 0.1) is 11.8 Å². The van der Waals surface area contributed by atoms with Gasteiger partial charge in [0, 0.05) is 37.9 Å². The van der Waals surface area contributed by atoms with Crippen LogP contribution in [0.25, 0.3) is 0 Å². The Hall–Kier alpha value is -2.95. The summed E-state index contributed by atoms with van der Waals surface area (Å²) in [5, 5.41) is 0. The van der Waals surface area contributed by atoms with Gasteiger partial charge in [-0.2, -0.15) is 0 Å². The number of hydrogen-bond acceptors (Lipinski definition) is 3. The van der Waals surface area contributed by atoms with Crippen LogP contribution in [-0.4, -0.2) is 47.2 Å². The SMILES string of the molecule is O=C(CCCN1C(=O)C2C3c4ccccc4C(c4ccccc43)C2C1=O)N1CCCCC1. The minimum atomic E-state index is -0.324. The molecule has 5 nitrogen and oxygen atoms in total. The summed E-state index contributed by atoms with van der Waals surface area (Å²) in [4.78, 5) is 43.0. The fourth-order valence-corrected chi connectivity index (χ4v) is 6.65. The Morgan fingerprint density at radius 1 is 0.750 bits per heavy atom. The fraction of sp³-hybridized carbons (Fsp3) is 0.444. The zero-order valence-electron chi connectivity index (χ0n) is 18.2. The molecule has 0 saturated carbocycles. The van der Waals surface area contributed by atoms with E-state index in [-0.39, 0.29) is 41.4 Å². The van der Waals surface area contributed by atoms with Crippen molar-refractivity contribution in [3.8, 4) is 0 Å². The molecule has 5 heteroatoms. The van der Waals surface area contributed by atoms with Gasteiger partial charge in [-0.3, -0.25) is 19.3 Å². The van der Waals surface area contributed by atoms with Crippen LogP contribution in [0.15, 0.2) is 48.5 Å². The maximum atomic E-state index is 13.5. The number of carbonyl (C=O) groups excluding carboxylic acids is 3. The molecule has 0 spiro atoms. The first-order chi connectivity index (χ1) is 15.7. The van der Waals surface area contributed by atoms with Gasteiger partial charge < -0.3 is 4.90 Å². The number of carbonyl (C=O) groups is 3. The molecule has 164 valence electrons. The Kier molecular flexibility index (Phi) is 4.67. The van der Waals surface area contributed by atoms with Gasteiger partial charge in [0.2, 0.25) is 17.7 Å². The summed E-state index contributed by atoms with van der Waals surface area (Å²) >= 11 is 0. The molecule has 0 radical (unpaired) electrons. The molecule has 3 amide bonds. The van der Waals surface area contributed by atoms with E-state index in [1.165, 1.54) is 33.6 Å². The van der Waals surface area contributed by atoms with E-state index in [4.69, 9.17) is 0 Å². The van der Waals surface area contributed by atoms with Crippen molar-refractivity contribution < 1.29 is 14.4 Å². The lowest BCUT2D eigenvalue weighted by Gasteiger charge is -2.45. The summed E-state index contributed by atoms with van der Waals surface area (Å²) in [5.41, 5.74) is 4.78. The van der Waals surface area contributed by atoms with Crippen molar-refractivity contribution in [1.82, 2.24) is 9.80 Å². The number of rotatable bonds is 4. The van der Waals surface area contributed by atoms with E-state index in [9.17, 15) is 14.4 Å². The van der Waals surface area contributed by atoms with Gasteiger partial charge in [-0.05, 0) is 47.9 Å². The van der Waals surface area contributed by atoms with Crippen molar-refractivity contribution in [2.24, 2.45) is 11.8 Å². The average molecular weight is 429 g/mol. The van der Waals surface area contributed by atoms with Crippen molar-refractivity contribution in [3.05, 3.63) is 70.8 Å². The predicted octanol–water partition coefficient (Wildman–Crippen LogP) is 3.67. The molecule has 0 N–H and O–H groups in total. The van der Waals surface area contributed by atoms with Crippen LogP contribution >= 0.6 is 0 Å². The third kappa shape index (κ3) is 2.79. The maximum Gasteiger partial charge on any atom is 0.234 e. The number of likely N-dealkylation sites (tertiary alicyclic amines) is 2. The molecule has 3 aliphatic carbocycles. The van der Waals surface area contributed by atoms with E-state index in [0.29, 0.717) is 19.4 Å². The molecule has 7 rings (SSSR count). The van der Waals surface area contributed by atoms with Crippen molar-refractivity contribution in [2.75, 3.05) is 19.6 Å². The van der Waals surface area contributed by atoms with Gasteiger partial charge in [0.25, 0.3) is 0 Å². The fourth-order valence-electron chi connectivity index (χ4n) is 6.65. The lowest BCUT2D eigenvalue weighted by molar-refractivity contribution is -0.141. The largest absolute Gasteiger partial charge is 0.343 e. The van der Waals surface area contributed by atoms with Crippen LogP contribution in [0.2, 0.25) is 0 Å². The molecular weight excluding hydrogens is 400 g/mol. The second kappa shape index (κ2) is 7.58. The standard InChI is InChI=1S/C27H28N2O3/c30-21(28-14-6-1-7-15-28)13-8-16-29-26(31)24-22-17-9-2-3-10-18(17)23(25(24)27(29)32)20-12-5-4-11-19(20)22/h2-5,9-12,22-25H,1,6-8,13-16H2. The highest BCUT2D eigenvalue weighted by Gasteiger charge is 2.61. The monoisotopic (exact) mass is 428 g/mol. The van der Waals surface area contributed by atoms with E-state index in [2.05, 4.69) is 24.3 Å². The second-order valence-corrected chi connectivity index (χ2v) is 9.64. The van der Waals surface area contributed by atoms with E-state index < -0.39 is 0 Å². The molecule has 2 aromatic rings. The molecular formula is C27H28N2O3. The van der Waals surface area contributed by atoms with Crippen LogP contribution in [0.5, 0.6) is 0 Å². The summed E-state index contributed by atoms with van der Waals surface area (Å²) in [6.07, 6.45) is 4.28. The van der Waals surface area contributed by atoms with Crippen LogP contribution in [0.1, 0.15) is 66.2 Å². The smallest absolute Gasteiger partial charge is 0.234 e. The molecule has 2 atom stereocenters. The first-order valence-electron chi connectivity index (χ1n) is 12.0. The number of imide groups is 1. The Morgan fingerprint density at radius 3 is 1.69 bits per heavy atom. The summed E-state index contributed by atoms with van der Waals surface area (Å²) in [6.45, 7) is 2.02. The van der Waals surface area contributed by atoms with E-state index in [1.807, 2.05) is 29.2 Å². The quantitative estimate of drug-likeness (QED) is 0.698.